The van der Waals surface area contributed by atoms with Gasteiger partial charge >= 0.3 is 19.5 Å². The smallest absolute Gasteiger partial charge is 0.463 e. The number of nitro groups is 1. The molecule has 238 valence electrons. The molecule has 1 heterocycles. The summed E-state index contributed by atoms with van der Waals surface area (Å²) in [6, 6.07) is 2.62. The van der Waals surface area contributed by atoms with Crippen molar-refractivity contribution < 1.29 is 42.7 Å². The van der Waals surface area contributed by atoms with Crippen molar-refractivity contribution in [2.75, 3.05) is 31.7 Å². The average molecular weight is 617 g/mol. The highest BCUT2D eigenvalue weighted by Gasteiger charge is 2.24. The lowest BCUT2D eigenvalue weighted by atomic mass is 10.0. The lowest BCUT2D eigenvalue weighted by molar-refractivity contribution is -0.383. The highest BCUT2D eigenvalue weighted by molar-refractivity contribution is 7.47. The molecule has 0 fully saturated rings. The SMILES string of the molecule is CCCCCCCCCCCCCCCC(=O)OCC(O)COP(=O)(O)OCCNc1ccc([N+](=O)[O-])c2nonc12. The Bertz CT molecular complexity index is 1120. The number of aromatic nitrogens is 2. The highest BCUT2D eigenvalue weighted by atomic mass is 31.2. The van der Waals surface area contributed by atoms with Gasteiger partial charge in [0.25, 0.3) is 0 Å². The molecule has 1 aromatic heterocycles. The van der Waals surface area contributed by atoms with Crippen molar-refractivity contribution in [1.29, 1.82) is 0 Å². The monoisotopic (exact) mass is 616 g/mol. The lowest BCUT2D eigenvalue weighted by Crippen LogP contribution is -2.23. The van der Waals surface area contributed by atoms with Gasteiger partial charge in [-0.25, -0.2) is 9.19 Å². The molecule has 0 aliphatic rings. The number of esters is 1. The standard InChI is InChI=1S/C27H45N4O10P/c1-2-3-4-5-6-7-8-9-10-11-12-13-14-15-25(33)38-20-22(32)21-40-42(36,37)39-19-18-28-23-16-17-24(31(34)35)27-26(23)29-41-30-27/h16-17,22,28,32H,2-15,18-21H2,1H3,(H,36,37). The van der Waals surface area contributed by atoms with Gasteiger partial charge in [-0.3, -0.25) is 24.0 Å². The number of nitrogens with one attached hydrogen (secondary N) is 1. The molecule has 0 aliphatic heterocycles. The van der Waals surface area contributed by atoms with Crippen molar-refractivity contribution in [1.82, 2.24) is 10.3 Å². The minimum Gasteiger partial charge on any atom is -0.463 e. The van der Waals surface area contributed by atoms with Crippen molar-refractivity contribution >= 4 is 36.2 Å². The molecular formula is C27H45N4O10P. The average Bonchev–Trinajstić information content (AvgIpc) is 3.46. The van der Waals surface area contributed by atoms with Crippen LogP contribution < -0.4 is 5.32 Å². The molecule has 0 saturated carbocycles. The molecule has 3 N–H and O–H groups in total. The molecule has 15 heteroatoms. The molecule has 14 nitrogen and oxygen atoms in total. The van der Waals surface area contributed by atoms with Crippen molar-refractivity contribution in [3.8, 4) is 0 Å². The zero-order valence-corrected chi connectivity index (χ0v) is 25.3. The van der Waals surface area contributed by atoms with Gasteiger partial charge in [0.15, 0.2) is 5.52 Å². The minimum absolute atomic E-state index is 0.0209. The van der Waals surface area contributed by atoms with Gasteiger partial charge in [0, 0.05) is 19.0 Å². The van der Waals surface area contributed by atoms with Crippen LogP contribution in [0.15, 0.2) is 16.8 Å². The number of hydrogen-bond acceptors (Lipinski definition) is 12. The summed E-state index contributed by atoms with van der Waals surface area (Å²) in [4.78, 5) is 32.1. The number of unbranched alkanes of at least 4 members (excludes halogenated alkanes) is 12. The minimum atomic E-state index is -4.49. The molecule has 0 aliphatic carbocycles. The summed E-state index contributed by atoms with van der Waals surface area (Å²) in [5.74, 6) is -0.436. The van der Waals surface area contributed by atoms with Crippen LogP contribution in [0, 0.1) is 10.1 Å². The number of hydrogen-bond donors (Lipinski definition) is 3. The topological polar surface area (TPSA) is 196 Å². The van der Waals surface area contributed by atoms with Crippen molar-refractivity contribution in [2.24, 2.45) is 0 Å². The zero-order chi connectivity index (χ0) is 30.6. The normalized spacial score (nSPS) is 13.6. The Morgan fingerprint density at radius 1 is 0.976 bits per heavy atom. The van der Waals surface area contributed by atoms with E-state index in [1.54, 1.807) is 0 Å². The van der Waals surface area contributed by atoms with Gasteiger partial charge in [-0.2, -0.15) is 0 Å². The van der Waals surface area contributed by atoms with E-state index in [1.807, 2.05) is 0 Å². The van der Waals surface area contributed by atoms with E-state index in [0.29, 0.717) is 5.69 Å². The number of carbonyl (C=O) groups is 1. The second-order valence-corrected chi connectivity index (χ2v) is 11.7. The third-order valence-corrected chi connectivity index (χ3v) is 7.60. The molecular weight excluding hydrogens is 571 g/mol. The van der Waals surface area contributed by atoms with Crippen LogP contribution in [0.2, 0.25) is 0 Å². The van der Waals surface area contributed by atoms with E-state index in [2.05, 4.69) is 27.2 Å². The number of nitrogens with zero attached hydrogens (tertiary/aromatic N) is 3. The Balaban J connectivity index is 1.48. The van der Waals surface area contributed by atoms with E-state index in [1.165, 1.54) is 76.3 Å². The molecule has 0 radical (unpaired) electrons. The maximum absolute atomic E-state index is 12.1. The van der Waals surface area contributed by atoms with Gasteiger partial charge in [0.05, 0.1) is 23.8 Å². The molecule has 42 heavy (non-hydrogen) atoms. The second-order valence-electron chi connectivity index (χ2n) is 10.2. The van der Waals surface area contributed by atoms with Crippen molar-refractivity contribution in [3.63, 3.8) is 0 Å². The van der Waals surface area contributed by atoms with Crippen LogP contribution in [0.25, 0.3) is 11.0 Å². The van der Waals surface area contributed by atoms with Gasteiger partial charge in [-0.05, 0) is 22.8 Å². The van der Waals surface area contributed by atoms with E-state index in [4.69, 9.17) is 13.8 Å². The number of anilines is 1. The van der Waals surface area contributed by atoms with E-state index in [9.17, 15) is 29.5 Å². The fourth-order valence-corrected chi connectivity index (χ4v) is 5.06. The van der Waals surface area contributed by atoms with Gasteiger partial charge in [0.2, 0.25) is 5.52 Å². The first-order valence-corrected chi connectivity index (χ1v) is 16.3. The molecule has 0 bridgehead atoms. The molecule has 2 aromatic rings. The molecule has 0 amide bonds. The number of nitro benzene ring substituents is 1. The predicted molar refractivity (Wildman–Crippen MR) is 156 cm³/mol. The number of rotatable bonds is 25. The van der Waals surface area contributed by atoms with Crippen LogP contribution in [0.5, 0.6) is 0 Å². The zero-order valence-electron chi connectivity index (χ0n) is 24.4. The van der Waals surface area contributed by atoms with Crippen LogP contribution >= 0.6 is 7.82 Å². The summed E-state index contributed by atoms with van der Waals surface area (Å²) in [6.07, 6.45) is 14.7. The number of fused-ring (bicyclic) bond motifs is 1. The van der Waals surface area contributed by atoms with E-state index in [-0.39, 0.29) is 42.9 Å². The molecule has 2 atom stereocenters. The van der Waals surface area contributed by atoms with Gasteiger partial charge < -0.3 is 20.1 Å². The van der Waals surface area contributed by atoms with Gasteiger partial charge in [-0.1, -0.05) is 84.0 Å². The lowest BCUT2D eigenvalue weighted by Gasteiger charge is -2.16. The van der Waals surface area contributed by atoms with Crippen LogP contribution in [0.3, 0.4) is 0 Å². The number of benzene rings is 1. The Morgan fingerprint density at radius 2 is 1.57 bits per heavy atom. The van der Waals surface area contributed by atoms with Crippen molar-refractivity contribution in [3.05, 3.63) is 22.2 Å². The van der Waals surface area contributed by atoms with Crippen LogP contribution in [-0.2, 0) is 23.1 Å². The summed E-state index contributed by atoms with van der Waals surface area (Å²) < 4.78 is 31.3. The number of ether oxygens (including phenoxy) is 1. The van der Waals surface area contributed by atoms with Gasteiger partial charge in [-0.15, -0.1) is 0 Å². The number of carbonyl (C=O) groups excluding carboxylic acids is 1. The predicted octanol–water partition coefficient (Wildman–Crippen LogP) is 6.06. The van der Waals surface area contributed by atoms with Crippen LogP contribution in [0.1, 0.15) is 96.8 Å². The third kappa shape index (κ3) is 14.5. The third-order valence-electron chi connectivity index (χ3n) is 6.61. The maximum atomic E-state index is 12.1. The fraction of sp³-hybridized carbons (Fsp3) is 0.741. The Hall–Kier alpha value is -2.64. The van der Waals surface area contributed by atoms with Gasteiger partial charge in [0.1, 0.15) is 12.7 Å². The number of phosphoric ester groups is 1. The summed E-state index contributed by atoms with van der Waals surface area (Å²) >= 11 is 0. The Kier molecular flexibility index (Phi) is 17.2. The summed E-state index contributed by atoms with van der Waals surface area (Å²) in [5.41, 5.74) is 0.163. The number of aliphatic hydroxyl groups is 1. The Morgan fingerprint density at radius 3 is 2.19 bits per heavy atom. The quantitative estimate of drug-likeness (QED) is 0.0383. The molecule has 0 saturated heterocycles. The molecule has 1 aromatic carbocycles. The molecule has 2 unspecified atom stereocenters. The van der Waals surface area contributed by atoms with E-state index in [0.717, 1.165) is 19.3 Å². The van der Waals surface area contributed by atoms with E-state index < -0.39 is 31.4 Å². The van der Waals surface area contributed by atoms with Crippen molar-refractivity contribution in [2.45, 2.75) is 103 Å². The first kappa shape index (κ1) is 35.6. The highest BCUT2D eigenvalue weighted by Crippen LogP contribution is 2.43. The Labute approximate surface area is 246 Å². The number of aliphatic hydroxyl groups excluding tert-OH is 1. The molecule has 0 spiro atoms. The van der Waals surface area contributed by atoms with Crippen LogP contribution in [-0.4, -0.2) is 63.7 Å². The summed E-state index contributed by atoms with van der Waals surface area (Å²) in [6.45, 7) is 1.05. The fourth-order valence-electron chi connectivity index (χ4n) is 4.30. The first-order chi connectivity index (χ1) is 20.2. The summed E-state index contributed by atoms with van der Waals surface area (Å²) in [7, 11) is -4.49. The largest absolute Gasteiger partial charge is 0.472 e. The van der Waals surface area contributed by atoms with Crippen LogP contribution in [0.4, 0.5) is 11.4 Å². The first-order valence-electron chi connectivity index (χ1n) is 14.8. The number of non-ortho nitro benzene ring substituents is 1. The summed E-state index contributed by atoms with van der Waals surface area (Å²) in [5, 5.41) is 31.0. The second kappa shape index (κ2) is 20.3. The number of phosphoric acid groups is 1. The maximum Gasteiger partial charge on any atom is 0.472 e. The van der Waals surface area contributed by atoms with E-state index >= 15 is 0 Å². The molecule has 2 rings (SSSR count).